The van der Waals surface area contributed by atoms with Gasteiger partial charge in [-0.1, -0.05) is 18.2 Å². The molecule has 1 aromatic heterocycles. The molecule has 19 heavy (non-hydrogen) atoms. The van der Waals surface area contributed by atoms with Gasteiger partial charge < -0.3 is 0 Å². The van der Waals surface area contributed by atoms with Crippen LogP contribution in [0, 0.1) is 6.92 Å². The number of nitrogens with zero attached hydrogens (tertiary/aromatic N) is 1. The third kappa shape index (κ3) is 2.99. The number of carbonyl (C=O) groups excluding carboxylic acids is 1. The summed E-state index contributed by atoms with van der Waals surface area (Å²) in [4.78, 5) is 16.1. The Kier molecular flexibility index (Phi) is 3.38. The Morgan fingerprint density at radius 2 is 1.68 bits per heavy atom. The van der Waals surface area contributed by atoms with E-state index >= 15 is 0 Å². The zero-order chi connectivity index (χ0) is 14.0. The molecule has 0 saturated carbocycles. The zero-order valence-electron chi connectivity index (χ0n) is 10.0. The van der Waals surface area contributed by atoms with Crippen molar-refractivity contribution < 1.29 is 18.0 Å². The predicted molar refractivity (Wildman–Crippen MR) is 63.9 cm³/mol. The quantitative estimate of drug-likeness (QED) is 0.776. The first-order valence-electron chi connectivity index (χ1n) is 5.53. The van der Waals surface area contributed by atoms with Crippen LogP contribution in [0.3, 0.4) is 0 Å². The van der Waals surface area contributed by atoms with E-state index in [2.05, 4.69) is 4.98 Å². The molecule has 0 aliphatic rings. The summed E-state index contributed by atoms with van der Waals surface area (Å²) in [5.41, 5.74) is 0.310. The van der Waals surface area contributed by atoms with E-state index in [9.17, 15) is 18.0 Å². The van der Waals surface area contributed by atoms with Crippen LogP contribution < -0.4 is 0 Å². The summed E-state index contributed by atoms with van der Waals surface area (Å²) in [6.45, 7) is 1.74. The number of hydrogen-bond acceptors (Lipinski definition) is 2. The predicted octanol–water partition coefficient (Wildman–Crippen LogP) is 3.64. The Hall–Kier alpha value is -2.17. The minimum atomic E-state index is -4.40. The van der Waals surface area contributed by atoms with Crippen LogP contribution in [0.15, 0.2) is 42.5 Å². The number of halogens is 3. The van der Waals surface area contributed by atoms with E-state index in [0.29, 0.717) is 5.69 Å². The first-order chi connectivity index (χ1) is 8.88. The maximum Gasteiger partial charge on any atom is 0.416 e. The van der Waals surface area contributed by atoms with Gasteiger partial charge in [-0.2, -0.15) is 13.2 Å². The van der Waals surface area contributed by atoms with Gasteiger partial charge in [-0.25, -0.2) is 4.98 Å². The van der Waals surface area contributed by atoms with Crippen molar-refractivity contribution in [2.24, 2.45) is 0 Å². The minimum absolute atomic E-state index is 0.186. The fourth-order valence-corrected chi connectivity index (χ4v) is 1.63. The normalized spacial score (nSPS) is 11.4. The van der Waals surface area contributed by atoms with Crippen LogP contribution in [-0.4, -0.2) is 10.8 Å². The summed E-state index contributed by atoms with van der Waals surface area (Å²) in [6.07, 6.45) is -4.40. The second-order valence-corrected chi connectivity index (χ2v) is 4.07. The number of ketones is 1. The van der Waals surface area contributed by atoms with Crippen molar-refractivity contribution >= 4 is 5.78 Å². The molecule has 1 aromatic carbocycles. The molecular weight excluding hydrogens is 255 g/mol. The molecule has 0 bridgehead atoms. The highest BCUT2D eigenvalue weighted by Gasteiger charge is 2.30. The monoisotopic (exact) mass is 265 g/mol. The summed E-state index contributed by atoms with van der Waals surface area (Å²) >= 11 is 0. The van der Waals surface area contributed by atoms with Crippen LogP contribution in [0.2, 0.25) is 0 Å². The number of pyridine rings is 1. The average molecular weight is 265 g/mol. The van der Waals surface area contributed by atoms with Gasteiger partial charge in [-0.3, -0.25) is 4.79 Å². The van der Waals surface area contributed by atoms with Gasteiger partial charge in [0.2, 0.25) is 5.78 Å². The second-order valence-electron chi connectivity index (χ2n) is 4.07. The van der Waals surface area contributed by atoms with E-state index in [0.717, 1.165) is 24.3 Å². The lowest BCUT2D eigenvalue weighted by Crippen LogP contribution is -2.07. The van der Waals surface area contributed by atoms with Crippen molar-refractivity contribution in [1.29, 1.82) is 0 Å². The lowest BCUT2D eigenvalue weighted by atomic mass is 10.1. The number of carbonyl (C=O) groups is 1. The SMILES string of the molecule is Cc1cccc(C(=O)c2ccc(C(F)(F)F)cc2)n1. The van der Waals surface area contributed by atoms with Crippen LogP contribution in [0.5, 0.6) is 0 Å². The summed E-state index contributed by atoms with van der Waals surface area (Å²) < 4.78 is 37.2. The Bertz CT molecular complexity index is 603. The van der Waals surface area contributed by atoms with E-state index in [1.807, 2.05) is 0 Å². The van der Waals surface area contributed by atoms with Crippen LogP contribution in [-0.2, 0) is 6.18 Å². The summed E-state index contributed by atoms with van der Waals surface area (Å²) in [5, 5.41) is 0. The fraction of sp³-hybridized carbons (Fsp3) is 0.143. The summed E-state index contributed by atoms with van der Waals surface area (Å²) in [5.74, 6) is -0.391. The van der Waals surface area contributed by atoms with Gasteiger partial charge in [0, 0.05) is 11.3 Å². The number of rotatable bonds is 2. The van der Waals surface area contributed by atoms with Crippen LogP contribution in [0.4, 0.5) is 13.2 Å². The molecule has 0 N–H and O–H groups in total. The molecule has 5 heteroatoms. The number of alkyl halides is 3. The summed E-state index contributed by atoms with van der Waals surface area (Å²) in [6, 6.07) is 9.06. The largest absolute Gasteiger partial charge is 0.416 e. The molecule has 2 rings (SSSR count). The minimum Gasteiger partial charge on any atom is -0.287 e. The number of aryl methyl sites for hydroxylation is 1. The first-order valence-corrected chi connectivity index (χ1v) is 5.53. The van der Waals surface area contributed by atoms with Crippen molar-refractivity contribution in [3.63, 3.8) is 0 Å². The van der Waals surface area contributed by atoms with Crippen LogP contribution >= 0.6 is 0 Å². The van der Waals surface area contributed by atoms with Crippen molar-refractivity contribution in [3.05, 3.63) is 65.0 Å². The molecule has 2 nitrogen and oxygen atoms in total. The third-order valence-corrected chi connectivity index (χ3v) is 2.60. The molecule has 0 spiro atoms. The summed E-state index contributed by atoms with van der Waals surface area (Å²) in [7, 11) is 0. The molecule has 0 atom stereocenters. The smallest absolute Gasteiger partial charge is 0.287 e. The Labute approximate surface area is 107 Å². The Morgan fingerprint density at radius 1 is 1.05 bits per heavy atom. The van der Waals surface area contributed by atoms with Gasteiger partial charge in [0.25, 0.3) is 0 Å². The van der Waals surface area contributed by atoms with E-state index in [1.165, 1.54) is 6.07 Å². The van der Waals surface area contributed by atoms with Gasteiger partial charge in [-0.05, 0) is 31.2 Å². The molecule has 0 radical (unpaired) electrons. The molecule has 0 aliphatic carbocycles. The highest BCUT2D eigenvalue weighted by atomic mass is 19.4. The fourth-order valence-electron chi connectivity index (χ4n) is 1.63. The van der Waals surface area contributed by atoms with Crippen LogP contribution in [0.1, 0.15) is 27.3 Å². The van der Waals surface area contributed by atoms with E-state index in [-0.39, 0.29) is 11.3 Å². The van der Waals surface area contributed by atoms with E-state index in [1.54, 1.807) is 19.1 Å². The number of hydrogen-bond donors (Lipinski definition) is 0. The first kappa shape index (κ1) is 13.3. The van der Waals surface area contributed by atoms with Gasteiger partial charge in [0.1, 0.15) is 5.69 Å². The van der Waals surface area contributed by atoms with E-state index in [4.69, 9.17) is 0 Å². The third-order valence-electron chi connectivity index (χ3n) is 2.60. The van der Waals surface area contributed by atoms with Gasteiger partial charge in [0.05, 0.1) is 5.56 Å². The average Bonchev–Trinajstić information content (AvgIpc) is 2.37. The lowest BCUT2D eigenvalue weighted by Gasteiger charge is -2.07. The van der Waals surface area contributed by atoms with Crippen molar-refractivity contribution in [2.75, 3.05) is 0 Å². The van der Waals surface area contributed by atoms with Crippen molar-refractivity contribution in [3.8, 4) is 0 Å². The molecule has 1 heterocycles. The second kappa shape index (κ2) is 4.84. The Morgan fingerprint density at radius 3 is 2.21 bits per heavy atom. The molecule has 0 aliphatic heterocycles. The maximum absolute atomic E-state index is 12.4. The molecule has 0 unspecified atom stereocenters. The number of benzene rings is 1. The molecule has 0 saturated heterocycles. The van der Waals surface area contributed by atoms with Gasteiger partial charge in [0.15, 0.2) is 0 Å². The van der Waals surface area contributed by atoms with Crippen LogP contribution in [0.25, 0.3) is 0 Å². The highest BCUT2D eigenvalue weighted by Crippen LogP contribution is 2.29. The number of aromatic nitrogens is 1. The molecule has 2 aromatic rings. The van der Waals surface area contributed by atoms with E-state index < -0.39 is 17.5 Å². The molecule has 98 valence electrons. The molecular formula is C14H10F3NO. The van der Waals surface area contributed by atoms with Gasteiger partial charge >= 0.3 is 6.18 Å². The molecule has 0 amide bonds. The standard InChI is InChI=1S/C14H10F3NO/c1-9-3-2-4-12(18-9)13(19)10-5-7-11(8-6-10)14(15,16)17/h2-8H,1H3. The highest BCUT2D eigenvalue weighted by molar-refractivity contribution is 6.07. The van der Waals surface area contributed by atoms with Gasteiger partial charge in [-0.15, -0.1) is 0 Å². The molecule has 0 fully saturated rings. The Balaban J connectivity index is 2.30. The maximum atomic E-state index is 12.4. The van der Waals surface area contributed by atoms with Crippen molar-refractivity contribution in [2.45, 2.75) is 13.1 Å². The zero-order valence-corrected chi connectivity index (χ0v) is 10.0. The topological polar surface area (TPSA) is 30.0 Å². The lowest BCUT2D eigenvalue weighted by molar-refractivity contribution is -0.137. The van der Waals surface area contributed by atoms with Crippen molar-refractivity contribution in [1.82, 2.24) is 4.98 Å².